The van der Waals surface area contributed by atoms with Crippen LogP contribution in [0.3, 0.4) is 0 Å². The minimum absolute atomic E-state index is 0.0188. The molecule has 1 aromatic rings. The molecule has 4 heteroatoms. The van der Waals surface area contributed by atoms with Crippen molar-refractivity contribution in [3.63, 3.8) is 0 Å². The molecule has 0 unspecified atom stereocenters. The number of rotatable bonds is 1. The molecule has 0 fully saturated rings. The molecule has 0 aromatic heterocycles. The lowest BCUT2D eigenvalue weighted by atomic mass is 9.99. The zero-order chi connectivity index (χ0) is 13.1. The number of hydrogen-bond donors (Lipinski definition) is 0. The number of aryl methyl sites for hydroxylation is 1. The lowest BCUT2D eigenvalue weighted by molar-refractivity contribution is -0.386. The van der Waals surface area contributed by atoms with Crippen molar-refractivity contribution >= 4 is 11.5 Å². The van der Waals surface area contributed by atoms with Gasteiger partial charge < -0.3 is 0 Å². The molecule has 0 spiro atoms. The molecular formula is C12H11NO3. The van der Waals surface area contributed by atoms with Gasteiger partial charge in [0.2, 0.25) is 0 Å². The summed E-state index contributed by atoms with van der Waals surface area (Å²) in [7, 11) is 0. The predicted molar refractivity (Wildman–Crippen MR) is 57.8 cm³/mol. The van der Waals surface area contributed by atoms with Crippen molar-refractivity contribution in [2.24, 2.45) is 0 Å². The number of nitrogens with zero attached hydrogens (tertiary/aromatic N) is 1. The largest absolute Gasteiger partial charge is 0.294 e. The topological polar surface area (TPSA) is 60.2 Å². The normalized spacial score (nSPS) is 22.4. The van der Waals surface area contributed by atoms with Gasteiger partial charge in [-0.05, 0) is 37.3 Å². The standard InChI is InChI=1S/C12H11NO3/c14-11-5-4-9-10(11)6-7-2-1-3-8(7)12(9)13(15)16/h6H,1-5H2/i2D2. The molecule has 0 saturated carbocycles. The molecule has 0 heterocycles. The van der Waals surface area contributed by atoms with Gasteiger partial charge in [0.25, 0.3) is 5.69 Å². The van der Waals surface area contributed by atoms with Crippen LogP contribution in [-0.4, -0.2) is 10.7 Å². The van der Waals surface area contributed by atoms with Crippen LogP contribution in [0.4, 0.5) is 5.69 Å². The number of hydrogen-bond acceptors (Lipinski definition) is 3. The van der Waals surface area contributed by atoms with Gasteiger partial charge in [0.1, 0.15) is 0 Å². The lowest BCUT2D eigenvalue weighted by Gasteiger charge is -2.06. The second-order valence-corrected chi connectivity index (χ2v) is 4.13. The van der Waals surface area contributed by atoms with Crippen molar-refractivity contribution in [3.8, 4) is 0 Å². The van der Waals surface area contributed by atoms with Crippen LogP contribution in [0.25, 0.3) is 0 Å². The highest BCUT2D eigenvalue weighted by molar-refractivity contribution is 6.02. The summed E-state index contributed by atoms with van der Waals surface area (Å²) in [5.41, 5.74) is 1.66. The molecule has 0 bridgehead atoms. The third kappa shape index (κ3) is 1.13. The van der Waals surface area contributed by atoms with Crippen molar-refractivity contribution in [1.82, 2.24) is 0 Å². The maximum atomic E-state index is 11.7. The summed E-state index contributed by atoms with van der Waals surface area (Å²) in [6.45, 7) is 0. The summed E-state index contributed by atoms with van der Waals surface area (Å²) in [5.74, 6) is -0.112. The average molecular weight is 219 g/mol. The van der Waals surface area contributed by atoms with Crippen molar-refractivity contribution in [2.75, 3.05) is 0 Å². The second kappa shape index (κ2) is 3.14. The molecular weight excluding hydrogens is 206 g/mol. The van der Waals surface area contributed by atoms with Crippen LogP contribution in [0.15, 0.2) is 6.07 Å². The summed E-state index contributed by atoms with van der Waals surface area (Å²) in [5, 5.41) is 11.2. The molecule has 1 aromatic carbocycles. The molecule has 0 N–H and O–H groups in total. The molecule has 82 valence electrons. The van der Waals surface area contributed by atoms with E-state index < -0.39 is 11.3 Å². The van der Waals surface area contributed by atoms with E-state index in [1.807, 2.05) is 0 Å². The zero-order valence-electron chi connectivity index (χ0n) is 10.6. The summed E-state index contributed by atoms with van der Waals surface area (Å²) in [6, 6.07) is 1.54. The van der Waals surface area contributed by atoms with E-state index in [1.165, 1.54) is 0 Å². The van der Waals surface area contributed by atoms with Gasteiger partial charge in [0.05, 0.1) is 4.92 Å². The summed E-state index contributed by atoms with van der Waals surface area (Å²) < 4.78 is 15.7. The molecule has 16 heavy (non-hydrogen) atoms. The average Bonchev–Trinajstić information content (AvgIpc) is 2.79. The molecule has 0 atom stereocenters. The Morgan fingerprint density at radius 1 is 1.31 bits per heavy atom. The van der Waals surface area contributed by atoms with E-state index in [0.29, 0.717) is 41.5 Å². The minimum Gasteiger partial charge on any atom is -0.294 e. The van der Waals surface area contributed by atoms with Gasteiger partial charge in [0, 0.05) is 25.9 Å². The first-order valence-corrected chi connectivity index (χ1v) is 5.28. The van der Waals surface area contributed by atoms with E-state index in [2.05, 4.69) is 0 Å². The van der Waals surface area contributed by atoms with Crippen molar-refractivity contribution < 1.29 is 12.5 Å². The Morgan fingerprint density at radius 2 is 2.12 bits per heavy atom. The molecule has 0 saturated heterocycles. The number of carbonyl (C=O) groups excluding carboxylic acids is 1. The van der Waals surface area contributed by atoms with Gasteiger partial charge in [-0.15, -0.1) is 0 Å². The third-order valence-corrected chi connectivity index (χ3v) is 3.29. The molecule has 0 radical (unpaired) electrons. The summed E-state index contributed by atoms with van der Waals surface area (Å²) in [6.07, 6.45) is -0.235. The number of fused-ring (bicyclic) bond motifs is 2. The SMILES string of the molecule is [2H]C1([2H])CCc2c1cc1c(c2[N+](=O)[O-])CCC1=O. The van der Waals surface area contributed by atoms with Crippen LogP contribution in [0.1, 0.15) is 42.6 Å². The van der Waals surface area contributed by atoms with E-state index in [0.717, 1.165) is 0 Å². The highest BCUT2D eigenvalue weighted by Crippen LogP contribution is 2.39. The van der Waals surface area contributed by atoms with Crippen LogP contribution in [-0.2, 0) is 19.2 Å². The maximum Gasteiger partial charge on any atom is 0.276 e. The van der Waals surface area contributed by atoms with Crippen LogP contribution >= 0.6 is 0 Å². The fourth-order valence-electron chi connectivity index (χ4n) is 2.58. The van der Waals surface area contributed by atoms with Gasteiger partial charge in [-0.25, -0.2) is 0 Å². The molecule has 2 aliphatic carbocycles. The van der Waals surface area contributed by atoms with E-state index in [1.54, 1.807) is 6.07 Å². The van der Waals surface area contributed by atoms with Crippen LogP contribution in [0.2, 0.25) is 0 Å². The molecule has 0 aliphatic heterocycles. The van der Waals surface area contributed by atoms with E-state index in [-0.39, 0.29) is 17.9 Å². The highest BCUT2D eigenvalue weighted by atomic mass is 16.6. The maximum absolute atomic E-state index is 11.7. The van der Waals surface area contributed by atoms with Gasteiger partial charge in [-0.1, -0.05) is 0 Å². The quantitative estimate of drug-likeness (QED) is 0.537. The fourth-order valence-corrected chi connectivity index (χ4v) is 2.58. The summed E-state index contributed by atoms with van der Waals surface area (Å²) in [4.78, 5) is 22.5. The second-order valence-electron chi connectivity index (χ2n) is 4.13. The van der Waals surface area contributed by atoms with Crippen molar-refractivity contribution in [3.05, 3.63) is 38.4 Å². The molecule has 4 nitrogen and oxygen atoms in total. The number of carbonyl (C=O) groups is 1. The smallest absolute Gasteiger partial charge is 0.276 e. The zero-order valence-corrected chi connectivity index (χ0v) is 8.58. The van der Waals surface area contributed by atoms with Crippen molar-refractivity contribution in [2.45, 2.75) is 32.1 Å². The number of nitro benzene ring substituents is 1. The van der Waals surface area contributed by atoms with E-state index in [9.17, 15) is 14.9 Å². The van der Waals surface area contributed by atoms with E-state index >= 15 is 0 Å². The first-order valence-electron chi connectivity index (χ1n) is 6.28. The Morgan fingerprint density at radius 3 is 2.88 bits per heavy atom. The fraction of sp³-hybridized carbons (Fsp3) is 0.417. The Kier molecular flexibility index (Phi) is 1.48. The Bertz CT molecular complexity index is 595. The minimum atomic E-state index is -1.56. The molecule has 0 amide bonds. The Hall–Kier alpha value is -1.71. The van der Waals surface area contributed by atoms with Gasteiger partial charge >= 0.3 is 0 Å². The Balaban J connectivity index is 2.36. The predicted octanol–water partition coefficient (Wildman–Crippen LogP) is 2.21. The lowest BCUT2D eigenvalue weighted by Crippen LogP contribution is -2.02. The Labute approximate surface area is 95.2 Å². The summed E-state index contributed by atoms with van der Waals surface area (Å²) >= 11 is 0. The number of ketones is 1. The third-order valence-electron chi connectivity index (χ3n) is 3.29. The van der Waals surface area contributed by atoms with Gasteiger partial charge in [-0.2, -0.15) is 0 Å². The molecule has 2 aliphatic rings. The monoisotopic (exact) mass is 219 g/mol. The molecule has 3 rings (SSSR count). The van der Waals surface area contributed by atoms with Gasteiger partial charge in [0.15, 0.2) is 5.78 Å². The van der Waals surface area contributed by atoms with Crippen LogP contribution in [0, 0.1) is 10.1 Å². The number of benzene rings is 1. The van der Waals surface area contributed by atoms with Crippen LogP contribution < -0.4 is 0 Å². The number of nitro groups is 1. The first-order chi connectivity index (χ1) is 8.42. The van der Waals surface area contributed by atoms with Gasteiger partial charge in [-0.3, -0.25) is 14.9 Å². The number of Topliss-reactive ketones (excluding diaryl/α,β-unsaturated/α-hetero) is 1. The van der Waals surface area contributed by atoms with Crippen LogP contribution in [0.5, 0.6) is 0 Å². The van der Waals surface area contributed by atoms with E-state index in [4.69, 9.17) is 2.74 Å². The van der Waals surface area contributed by atoms with Crippen molar-refractivity contribution in [1.29, 1.82) is 0 Å². The first kappa shape index (κ1) is 7.54. The highest BCUT2D eigenvalue weighted by Gasteiger charge is 2.33.